The maximum Gasteiger partial charge on any atom is 0.242 e. The zero-order valence-corrected chi connectivity index (χ0v) is 24.7. The van der Waals surface area contributed by atoms with E-state index < -0.39 is 0 Å². The quantitative estimate of drug-likeness (QED) is 0.171. The lowest BCUT2D eigenvalue weighted by molar-refractivity contribution is -0.141. The standard InChI is InChI=1S/C32H48FN3O2S/c1-2-3-4-5-6-7-8-9-10-15-31(37)35(23-22-34-20-11-12-21-34)27-32(38)36(26-30-14-13-24-39-30)25-28-16-18-29(33)19-17-28/h13-14,16-19,24H,2-12,15,20-23,25-27H2,1H3. The van der Waals surface area contributed by atoms with Crippen LogP contribution in [0.25, 0.3) is 0 Å². The second-order valence-corrected chi connectivity index (χ2v) is 11.9. The lowest BCUT2D eigenvalue weighted by Gasteiger charge is -2.29. The third kappa shape index (κ3) is 12.2. The number of halogens is 1. The van der Waals surface area contributed by atoms with Crippen molar-refractivity contribution in [3.63, 3.8) is 0 Å². The summed E-state index contributed by atoms with van der Waals surface area (Å²) in [4.78, 5) is 34.0. The molecule has 216 valence electrons. The van der Waals surface area contributed by atoms with Crippen molar-refractivity contribution in [2.45, 2.75) is 97.1 Å². The van der Waals surface area contributed by atoms with Gasteiger partial charge in [-0.15, -0.1) is 11.3 Å². The average Bonchev–Trinajstić information content (AvgIpc) is 3.65. The second kappa shape index (κ2) is 18.2. The molecular weight excluding hydrogens is 509 g/mol. The van der Waals surface area contributed by atoms with Gasteiger partial charge < -0.3 is 14.7 Å². The van der Waals surface area contributed by atoms with Gasteiger partial charge in [0.15, 0.2) is 0 Å². The second-order valence-electron chi connectivity index (χ2n) is 10.9. The topological polar surface area (TPSA) is 43.9 Å². The molecule has 0 aliphatic carbocycles. The first-order chi connectivity index (χ1) is 19.0. The smallest absolute Gasteiger partial charge is 0.242 e. The number of rotatable bonds is 19. The summed E-state index contributed by atoms with van der Waals surface area (Å²) in [5, 5.41) is 2.01. The molecule has 1 saturated heterocycles. The Kier molecular flexibility index (Phi) is 14.6. The molecule has 2 aromatic rings. The molecule has 1 aromatic carbocycles. The van der Waals surface area contributed by atoms with Crippen LogP contribution in [0.3, 0.4) is 0 Å². The number of unbranched alkanes of at least 4 members (excludes halogenated alkanes) is 8. The number of hydrogen-bond donors (Lipinski definition) is 0. The molecule has 2 heterocycles. The van der Waals surface area contributed by atoms with E-state index in [4.69, 9.17) is 0 Å². The summed E-state index contributed by atoms with van der Waals surface area (Å²) in [6.45, 7) is 6.77. The highest BCUT2D eigenvalue weighted by molar-refractivity contribution is 7.09. The fourth-order valence-electron chi connectivity index (χ4n) is 5.20. The van der Waals surface area contributed by atoms with Gasteiger partial charge in [-0.25, -0.2) is 4.39 Å². The summed E-state index contributed by atoms with van der Waals surface area (Å²) in [6, 6.07) is 10.3. The van der Waals surface area contributed by atoms with Crippen LogP contribution in [-0.4, -0.2) is 59.2 Å². The molecule has 0 atom stereocenters. The molecule has 1 aliphatic rings. The van der Waals surface area contributed by atoms with Gasteiger partial charge in [0.25, 0.3) is 0 Å². The van der Waals surface area contributed by atoms with Crippen LogP contribution >= 0.6 is 11.3 Å². The van der Waals surface area contributed by atoms with Gasteiger partial charge in [0, 0.05) is 30.9 Å². The fraction of sp³-hybridized carbons (Fsp3) is 0.625. The number of hydrogen-bond acceptors (Lipinski definition) is 4. The van der Waals surface area contributed by atoms with Crippen molar-refractivity contribution in [2.24, 2.45) is 0 Å². The zero-order valence-electron chi connectivity index (χ0n) is 23.9. The van der Waals surface area contributed by atoms with E-state index in [0.717, 1.165) is 42.9 Å². The molecule has 39 heavy (non-hydrogen) atoms. The molecule has 7 heteroatoms. The molecule has 1 fully saturated rings. The SMILES string of the molecule is CCCCCCCCCCCC(=O)N(CCN1CCCC1)CC(=O)N(Cc1ccc(F)cc1)Cc1cccs1. The number of benzene rings is 1. The maximum atomic E-state index is 13.6. The summed E-state index contributed by atoms with van der Waals surface area (Å²) < 4.78 is 13.5. The van der Waals surface area contributed by atoms with Gasteiger partial charge in [0.2, 0.25) is 11.8 Å². The van der Waals surface area contributed by atoms with Crippen molar-refractivity contribution in [3.8, 4) is 0 Å². The summed E-state index contributed by atoms with van der Waals surface area (Å²) in [5.74, 6) is -0.261. The Hall–Kier alpha value is -2.25. The van der Waals surface area contributed by atoms with Crippen molar-refractivity contribution in [3.05, 3.63) is 58.0 Å². The van der Waals surface area contributed by atoms with E-state index in [9.17, 15) is 14.0 Å². The Labute approximate surface area is 239 Å². The van der Waals surface area contributed by atoms with Crippen molar-refractivity contribution >= 4 is 23.2 Å². The molecule has 0 unspecified atom stereocenters. The van der Waals surface area contributed by atoms with Gasteiger partial charge in [-0.1, -0.05) is 76.5 Å². The monoisotopic (exact) mass is 557 g/mol. The number of thiophene rings is 1. The van der Waals surface area contributed by atoms with E-state index in [1.54, 1.807) is 33.3 Å². The third-order valence-corrected chi connectivity index (χ3v) is 8.49. The van der Waals surface area contributed by atoms with Crippen LogP contribution in [0.2, 0.25) is 0 Å². The lowest BCUT2D eigenvalue weighted by atomic mass is 10.1. The first-order valence-electron chi connectivity index (χ1n) is 15.1. The Balaban J connectivity index is 1.55. The van der Waals surface area contributed by atoms with Gasteiger partial charge in [0.05, 0.1) is 13.1 Å². The van der Waals surface area contributed by atoms with Gasteiger partial charge in [0.1, 0.15) is 5.82 Å². The Morgan fingerprint density at radius 3 is 2.15 bits per heavy atom. The molecular formula is C32H48FN3O2S. The zero-order chi connectivity index (χ0) is 27.7. The Morgan fingerprint density at radius 1 is 0.846 bits per heavy atom. The van der Waals surface area contributed by atoms with Crippen molar-refractivity contribution in [1.82, 2.24) is 14.7 Å². The Bertz CT molecular complexity index is 945. The molecule has 0 saturated carbocycles. The van der Waals surface area contributed by atoms with E-state index in [-0.39, 0.29) is 24.2 Å². The summed E-state index contributed by atoms with van der Waals surface area (Å²) >= 11 is 1.62. The van der Waals surface area contributed by atoms with Crippen molar-refractivity contribution in [1.29, 1.82) is 0 Å². The number of carbonyl (C=O) groups is 2. The van der Waals surface area contributed by atoms with E-state index in [0.29, 0.717) is 26.1 Å². The van der Waals surface area contributed by atoms with Crippen LogP contribution in [-0.2, 0) is 22.7 Å². The van der Waals surface area contributed by atoms with Crippen molar-refractivity contribution < 1.29 is 14.0 Å². The van der Waals surface area contributed by atoms with Gasteiger partial charge >= 0.3 is 0 Å². The summed E-state index contributed by atoms with van der Waals surface area (Å²) in [5.41, 5.74) is 0.881. The molecule has 1 aromatic heterocycles. The van der Waals surface area contributed by atoms with E-state index >= 15 is 0 Å². The highest BCUT2D eigenvalue weighted by atomic mass is 32.1. The summed E-state index contributed by atoms with van der Waals surface area (Å²) in [7, 11) is 0. The molecule has 1 aliphatic heterocycles. The fourth-order valence-corrected chi connectivity index (χ4v) is 5.92. The minimum absolute atomic E-state index is 0.0606. The van der Waals surface area contributed by atoms with Gasteiger partial charge in [-0.2, -0.15) is 0 Å². The molecule has 0 radical (unpaired) electrons. The lowest BCUT2D eigenvalue weighted by Crippen LogP contribution is -2.45. The average molecular weight is 558 g/mol. The van der Waals surface area contributed by atoms with Crippen LogP contribution < -0.4 is 0 Å². The van der Waals surface area contributed by atoms with E-state index in [1.807, 2.05) is 17.5 Å². The number of carbonyl (C=O) groups excluding carboxylic acids is 2. The molecule has 0 N–H and O–H groups in total. The third-order valence-electron chi connectivity index (χ3n) is 7.62. The highest BCUT2D eigenvalue weighted by Crippen LogP contribution is 2.17. The predicted octanol–water partition coefficient (Wildman–Crippen LogP) is 7.26. The first-order valence-corrected chi connectivity index (χ1v) is 16.0. The maximum absolute atomic E-state index is 13.6. The summed E-state index contributed by atoms with van der Waals surface area (Å²) in [6.07, 6.45) is 13.8. The molecule has 5 nitrogen and oxygen atoms in total. The largest absolute Gasteiger partial charge is 0.332 e. The molecule has 3 rings (SSSR count). The van der Waals surface area contributed by atoms with Crippen LogP contribution in [0, 0.1) is 5.82 Å². The van der Waals surface area contributed by atoms with E-state index in [1.165, 1.54) is 69.9 Å². The predicted molar refractivity (Wildman–Crippen MR) is 159 cm³/mol. The van der Waals surface area contributed by atoms with Crippen LogP contribution in [0.5, 0.6) is 0 Å². The first kappa shape index (κ1) is 31.3. The van der Waals surface area contributed by atoms with Crippen LogP contribution in [0.1, 0.15) is 94.4 Å². The van der Waals surface area contributed by atoms with Gasteiger partial charge in [-0.3, -0.25) is 9.59 Å². The normalized spacial score (nSPS) is 13.6. The van der Waals surface area contributed by atoms with E-state index in [2.05, 4.69) is 11.8 Å². The molecule has 0 bridgehead atoms. The molecule has 0 spiro atoms. The van der Waals surface area contributed by atoms with Crippen LogP contribution in [0.4, 0.5) is 4.39 Å². The highest BCUT2D eigenvalue weighted by Gasteiger charge is 2.23. The molecule has 2 amide bonds. The minimum atomic E-state index is -0.287. The van der Waals surface area contributed by atoms with Crippen molar-refractivity contribution in [2.75, 3.05) is 32.7 Å². The van der Waals surface area contributed by atoms with Crippen LogP contribution in [0.15, 0.2) is 41.8 Å². The minimum Gasteiger partial charge on any atom is -0.332 e. The number of amides is 2. The number of nitrogens with zero attached hydrogens (tertiary/aromatic N) is 3. The van der Waals surface area contributed by atoms with Gasteiger partial charge in [-0.05, 0) is 61.5 Å². The Morgan fingerprint density at radius 2 is 1.51 bits per heavy atom. The number of likely N-dealkylation sites (tertiary alicyclic amines) is 1.